The van der Waals surface area contributed by atoms with Gasteiger partial charge in [0.25, 0.3) is 5.91 Å². The van der Waals surface area contributed by atoms with Crippen LogP contribution in [0.5, 0.6) is 5.75 Å². The van der Waals surface area contributed by atoms with Crippen molar-refractivity contribution in [3.8, 4) is 5.75 Å². The van der Waals surface area contributed by atoms with Gasteiger partial charge in [-0.2, -0.15) is 0 Å². The Morgan fingerprint density at radius 1 is 0.964 bits per heavy atom. The summed E-state index contributed by atoms with van der Waals surface area (Å²) in [5.41, 5.74) is 1.38. The molecule has 0 atom stereocenters. The summed E-state index contributed by atoms with van der Waals surface area (Å²) in [6.45, 7) is 2.09. The molecule has 0 unspecified atom stereocenters. The highest BCUT2D eigenvalue weighted by Gasteiger charge is 2.10. The van der Waals surface area contributed by atoms with Crippen molar-refractivity contribution in [3.63, 3.8) is 0 Å². The van der Waals surface area contributed by atoms with Crippen LogP contribution < -0.4 is 26.0 Å². The summed E-state index contributed by atoms with van der Waals surface area (Å²) in [7, 11) is 1.49. The highest BCUT2D eigenvalue weighted by Crippen LogP contribution is 2.27. The molecule has 2 aromatic rings. The van der Waals surface area contributed by atoms with E-state index in [4.69, 9.17) is 16.3 Å². The van der Waals surface area contributed by atoms with Gasteiger partial charge in [0, 0.05) is 36.3 Å². The molecule has 0 bridgehead atoms. The molecule has 4 amide bonds. The molecule has 0 fully saturated rings. The molecule has 0 aliphatic heterocycles. The van der Waals surface area contributed by atoms with Crippen LogP contribution in [0, 0.1) is 0 Å². The van der Waals surface area contributed by atoms with Crippen molar-refractivity contribution in [3.05, 3.63) is 53.1 Å². The van der Waals surface area contributed by atoms with Crippen molar-refractivity contribution >= 4 is 40.8 Å². The Morgan fingerprint density at radius 3 is 2.29 bits per heavy atom. The van der Waals surface area contributed by atoms with E-state index in [-0.39, 0.29) is 11.8 Å². The number of hydrogen-bond acceptors (Lipinski definition) is 4. The average Bonchev–Trinajstić information content (AvgIpc) is 2.65. The van der Waals surface area contributed by atoms with Gasteiger partial charge in [-0.05, 0) is 42.5 Å². The number of carbonyl (C=O) groups excluding carboxylic acids is 3. The summed E-state index contributed by atoms with van der Waals surface area (Å²) >= 11 is 5.94. The zero-order chi connectivity index (χ0) is 20.5. The maximum absolute atomic E-state index is 12.2. The van der Waals surface area contributed by atoms with Crippen LogP contribution in [0.15, 0.2) is 42.5 Å². The number of rotatable bonds is 7. The smallest absolute Gasteiger partial charge is 0.323 e. The molecule has 28 heavy (non-hydrogen) atoms. The van der Waals surface area contributed by atoms with Crippen molar-refractivity contribution in [2.24, 2.45) is 0 Å². The Morgan fingerprint density at radius 2 is 1.64 bits per heavy atom. The number of urea groups is 1. The molecule has 0 saturated carbocycles. The molecule has 148 valence electrons. The number of carbonyl (C=O) groups is 3. The number of amides is 4. The van der Waals surface area contributed by atoms with Gasteiger partial charge in [-0.15, -0.1) is 0 Å². The molecule has 0 aliphatic rings. The Kier molecular flexibility index (Phi) is 7.65. The quantitative estimate of drug-likeness (QED) is 0.532. The molecule has 2 aromatic carbocycles. The van der Waals surface area contributed by atoms with E-state index in [1.807, 2.05) is 0 Å². The second-order valence-corrected chi connectivity index (χ2v) is 6.18. The van der Waals surface area contributed by atoms with Gasteiger partial charge in [-0.1, -0.05) is 11.6 Å². The molecule has 8 nitrogen and oxygen atoms in total. The van der Waals surface area contributed by atoms with Gasteiger partial charge in [-0.25, -0.2) is 4.79 Å². The second kappa shape index (κ2) is 10.2. The summed E-state index contributed by atoms with van der Waals surface area (Å²) in [6.07, 6.45) is 0. The van der Waals surface area contributed by atoms with Crippen LogP contribution in [-0.2, 0) is 4.79 Å². The fraction of sp³-hybridized carbons (Fsp3) is 0.211. The van der Waals surface area contributed by atoms with E-state index in [2.05, 4.69) is 21.3 Å². The Labute approximate surface area is 167 Å². The first-order valence-corrected chi connectivity index (χ1v) is 8.81. The number of ether oxygens (including phenoxy) is 1. The number of halogens is 1. The van der Waals surface area contributed by atoms with E-state index in [0.29, 0.717) is 40.8 Å². The van der Waals surface area contributed by atoms with Crippen LogP contribution in [0.3, 0.4) is 0 Å². The molecule has 0 radical (unpaired) electrons. The number of anilines is 2. The summed E-state index contributed by atoms with van der Waals surface area (Å²) < 4.78 is 5.18. The number of nitrogens with one attached hydrogen (secondary N) is 4. The zero-order valence-electron chi connectivity index (χ0n) is 15.5. The maximum atomic E-state index is 12.2. The Balaban J connectivity index is 1.89. The SMILES string of the molecule is COc1ccc(Cl)cc1NC(=O)Nc1ccc(C(=O)NCCNC(C)=O)cc1. The van der Waals surface area contributed by atoms with Gasteiger partial charge in [0.15, 0.2) is 0 Å². The van der Waals surface area contributed by atoms with Gasteiger partial charge >= 0.3 is 6.03 Å². The lowest BCUT2D eigenvalue weighted by molar-refractivity contribution is -0.118. The van der Waals surface area contributed by atoms with E-state index in [9.17, 15) is 14.4 Å². The van der Waals surface area contributed by atoms with Crippen molar-refractivity contribution in [1.29, 1.82) is 0 Å². The zero-order valence-corrected chi connectivity index (χ0v) is 16.2. The van der Waals surface area contributed by atoms with Gasteiger partial charge in [0.2, 0.25) is 5.91 Å². The van der Waals surface area contributed by atoms with E-state index in [1.54, 1.807) is 42.5 Å². The lowest BCUT2D eigenvalue weighted by Gasteiger charge is -2.12. The third kappa shape index (κ3) is 6.48. The normalized spacial score (nSPS) is 9.96. The fourth-order valence-electron chi connectivity index (χ4n) is 2.28. The van der Waals surface area contributed by atoms with Gasteiger partial charge in [-0.3, -0.25) is 9.59 Å². The van der Waals surface area contributed by atoms with E-state index in [1.165, 1.54) is 14.0 Å². The van der Waals surface area contributed by atoms with Crippen molar-refractivity contribution < 1.29 is 19.1 Å². The van der Waals surface area contributed by atoms with Crippen LogP contribution in [0.2, 0.25) is 5.02 Å². The highest BCUT2D eigenvalue weighted by atomic mass is 35.5. The molecule has 9 heteroatoms. The largest absolute Gasteiger partial charge is 0.495 e. The van der Waals surface area contributed by atoms with Crippen molar-refractivity contribution in [1.82, 2.24) is 10.6 Å². The van der Waals surface area contributed by atoms with E-state index in [0.717, 1.165) is 0 Å². The lowest BCUT2D eigenvalue weighted by atomic mass is 10.2. The van der Waals surface area contributed by atoms with Crippen LogP contribution in [0.4, 0.5) is 16.2 Å². The van der Waals surface area contributed by atoms with E-state index >= 15 is 0 Å². The summed E-state index contributed by atoms with van der Waals surface area (Å²) in [5.74, 6) is 0.0502. The fourth-order valence-corrected chi connectivity index (χ4v) is 2.46. The average molecular weight is 405 g/mol. The van der Waals surface area contributed by atoms with Gasteiger partial charge in [0.05, 0.1) is 12.8 Å². The Bertz CT molecular complexity index is 856. The first kappa shape index (κ1) is 21.0. The first-order chi connectivity index (χ1) is 13.4. The van der Waals surface area contributed by atoms with Crippen LogP contribution in [0.1, 0.15) is 17.3 Å². The van der Waals surface area contributed by atoms with Gasteiger partial charge in [0.1, 0.15) is 5.75 Å². The first-order valence-electron chi connectivity index (χ1n) is 8.43. The van der Waals surface area contributed by atoms with Crippen LogP contribution in [0.25, 0.3) is 0 Å². The topological polar surface area (TPSA) is 109 Å². The minimum Gasteiger partial charge on any atom is -0.495 e. The molecular formula is C19H21ClN4O4. The van der Waals surface area contributed by atoms with Gasteiger partial charge < -0.3 is 26.0 Å². The van der Waals surface area contributed by atoms with E-state index < -0.39 is 6.03 Å². The number of methoxy groups -OCH3 is 1. The molecule has 0 heterocycles. The van der Waals surface area contributed by atoms with Crippen LogP contribution in [-0.4, -0.2) is 38.0 Å². The second-order valence-electron chi connectivity index (χ2n) is 5.74. The third-order valence-corrected chi connectivity index (χ3v) is 3.83. The highest BCUT2D eigenvalue weighted by molar-refractivity contribution is 6.31. The molecule has 2 rings (SSSR count). The standard InChI is InChI=1S/C19H21ClN4O4/c1-12(25)21-9-10-22-18(26)13-3-6-15(7-4-13)23-19(27)24-16-11-14(20)5-8-17(16)28-2/h3-8,11H,9-10H2,1-2H3,(H,21,25)(H,22,26)(H2,23,24,27). The summed E-state index contributed by atoms with van der Waals surface area (Å²) in [6, 6.07) is 10.8. The maximum Gasteiger partial charge on any atom is 0.323 e. The summed E-state index contributed by atoms with van der Waals surface area (Å²) in [4.78, 5) is 35.0. The molecule has 4 N–H and O–H groups in total. The summed E-state index contributed by atoms with van der Waals surface area (Å²) in [5, 5.41) is 11.1. The van der Waals surface area contributed by atoms with Crippen molar-refractivity contribution in [2.75, 3.05) is 30.8 Å². The van der Waals surface area contributed by atoms with Crippen molar-refractivity contribution in [2.45, 2.75) is 6.92 Å². The lowest BCUT2D eigenvalue weighted by Crippen LogP contribution is -2.33. The predicted molar refractivity (Wildman–Crippen MR) is 108 cm³/mol. The Hall–Kier alpha value is -3.26. The minimum absolute atomic E-state index is 0.154. The molecule has 0 aliphatic carbocycles. The molecule has 0 spiro atoms. The molecular weight excluding hydrogens is 384 g/mol. The monoisotopic (exact) mass is 404 g/mol. The predicted octanol–water partition coefficient (Wildman–Crippen LogP) is 2.86. The molecule has 0 saturated heterocycles. The third-order valence-electron chi connectivity index (χ3n) is 3.60. The number of benzene rings is 2. The molecule has 0 aromatic heterocycles. The minimum atomic E-state index is -0.479. The van der Waals surface area contributed by atoms with Crippen LogP contribution >= 0.6 is 11.6 Å². The number of hydrogen-bond donors (Lipinski definition) is 4.